The summed E-state index contributed by atoms with van der Waals surface area (Å²) in [6.45, 7) is 1.79. The molecular weight excluding hydrogens is 462 g/mol. The first-order valence-electron chi connectivity index (χ1n) is 11.1. The highest BCUT2D eigenvalue weighted by molar-refractivity contribution is 7.98. The Morgan fingerprint density at radius 2 is 1.69 bits per heavy atom. The van der Waals surface area contributed by atoms with Gasteiger partial charge in [-0.05, 0) is 49.6 Å². The first-order chi connectivity index (χ1) is 17.1. The van der Waals surface area contributed by atoms with Gasteiger partial charge in [-0.2, -0.15) is 0 Å². The first kappa shape index (κ1) is 24.1. The van der Waals surface area contributed by atoms with Crippen molar-refractivity contribution in [1.29, 1.82) is 0 Å². The van der Waals surface area contributed by atoms with Crippen molar-refractivity contribution >= 4 is 46.0 Å². The zero-order valence-electron chi connectivity index (χ0n) is 19.4. The monoisotopic (exact) mass is 487 g/mol. The lowest BCUT2D eigenvalue weighted by atomic mass is 10.1. The van der Waals surface area contributed by atoms with Crippen LogP contribution in [0, 0.1) is 0 Å². The summed E-state index contributed by atoms with van der Waals surface area (Å²) in [7, 11) is 0. The second-order valence-electron chi connectivity index (χ2n) is 7.51. The highest BCUT2D eigenvalue weighted by Crippen LogP contribution is 2.32. The quantitative estimate of drug-likeness (QED) is 0.227. The summed E-state index contributed by atoms with van der Waals surface area (Å²) in [6, 6.07) is 24.1. The molecule has 3 aromatic carbocycles. The largest absolute Gasteiger partial charge is 0.481 e. The molecule has 1 heterocycles. The van der Waals surface area contributed by atoms with Crippen molar-refractivity contribution < 1.29 is 19.1 Å². The molecule has 0 unspecified atom stereocenters. The number of carbonyl (C=O) groups is 2. The molecule has 0 saturated carbocycles. The Morgan fingerprint density at radius 3 is 2.43 bits per heavy atom. The first-order valence-corrected chi connectivity index (χ1v) is 12.3. The summed E-state index contributed by atoms with van der Waals surface area (Å²) in [5.74, 6) is 0.0125. The minimum Gasteiger partial charge on any atom is -0.481 e. The van der Waals surface area contributed by atoms with E-state index >= 15 is 0 Å². The molecule has 1 aromatic heterocycles. The zero-order chi connectivity index (χ0) is 24.6. The van der Waals surface area contributed by atoms with E-state index in [1.54, 1.807) is 36.9 Å². The highest BCUT2D eigenvalue weighted by Gasteiger charge is 2.13. The molecule has 178 valence electrons. The number of thioether (sulfide) groups is 1. The van der Waals surface area contributed by atoms with E-state index < -0.39 is 5.97 Å². The van der Waals surface area contributed by atoms with E-state index in [2.05, 4.69) is 10.6 Å². The van der Waals surface area contributed by atoms with E-state index in [4.69, 9.17) is 14.5 Å². The molecule has 8 heteroatoms. The van der Waals surface area contributed by atoms with Gasteiger partial charge in [-0.3, -0.25) is 0 Å². The minimum absolute atomic E-state index is 0.231. The van der Waals surface area contributed by atoms with Gasteiger partial charge in [0.25, 0.3) is 0 Å². The number of nitrogens with one attached hydrogen (secondary N) is 2. The van der Waals surface area contributed by atoms with Crippen LogP contribution in [0.3, 0.4) is 0 Å². The molecular formula is C27H25N3O4S. The molecule has 0 aliphatic heterocycles. The number of amides is 2. The van der Waals surface area contributed by atoms with Crippen LogP contribution in [0.5, 0.6) is 5.75 Å². The van der Waals surface area contributed by atoms with E-state index in [1.807, 2.05) is 66.9 Å². The van der Waals surface area contributed by atoms with Gasteiger partial charge in [0.15, 0.2) is 6.61 Å². The van der Waals surface area contributed by atoms with Crippen molar-refractivity contribution in [3.8, 4) is 17.0 Å². The summed E-state index contributed by atoms with van der Waals surface area (Å²) in [6.07, 6.45) is 1.98. The van der Waals surface area contributed by atoms with Crippen molar-refractivity contribution in [2.45, 2.75) is 11.8 Å². The zero-order valence-corrected chi connectivity index (χ0v) is 20.2. The predicted octanol–water partition coefficient (Wildman–Crippen LogP) is 6.21. The number of hydrogen-bond acceptors (Lipinski definition) is 6. The van der Waals surface area contributed by atoms with Gasteiger partial charge in [0.2, 0.25) is 0 Å². The Kier molecular flexibility index (Phi) is 7.84. The highest BCUT2D eigenvalue weighted by atomic mass is 32.2. The topological polar surface area (TPSA) is 89.6 Å². The fourth-order valence-electron chi connectivity index (χ4n) is 3.48. The third kappa shape index (κ3) is 6.30. The third-order valence-corrected chi connectivity index (χ3v) is 5.80. The normalized spacial score (nSPS) is 10.6. The van der Waals surface area contributed by atoms with Crippen LogP contribution < -0.4 is 15.4 Å². The number of nitrogens with zero attached hydrogens (tertiary/aromatic N) is 1. The van der Waals surface area contributed by atoms with Crippen LogP contribution in [-0.2, 0) is 9.53 Å². The SMILES string of the molecule is CCOC(=O)COc1cc(-c2ccccc2)nc2ccc(NC(=O)Nc3cccc(SC)c3)cc12. The molecule has 0 atom stereocenters. The number of anilines is 2. The molecule has 0 aliphatic rings. The van der Waals surface area contributed by atoms with Gasteiger partial charge in [-0.1, -0.05) is 36.4 Å². The number of benzene rings is 3. The number of ether oxygens (including phenoxy) is 2. The van der Waals surface area contributed by atoms with E-state index in [-0.39, 0.29) is 19.2 Å². The Hall–Kier alpha value is -4.04. The van der Waals surface area contributed by atoms with Gasteiger partial charge in [-0.25, -0.2) is 14.6 Å². The summed E-state index contributed by atoms with van der Waals surface area (Å²) in [5.41, 5.74) is 3.56. The minimum atomic E-state index is -0.458. The summed E-state index contributed by atoms with van der Waals surface area (Å²) < 4.78 is 10.8. The second kappa shape index (κ2) is 11.4. The summed E-state index contributed by atoms with van der Waals surface area (Å²) in [5, 5.41) is 6.35. The number of pyridine rings is 1. The van der Waals surface area contributed by atoms with Crippen LogP contribution >= 0.6 is 11.8 Å². The number of rotatable bonds is 8. The second-order valence-corrected chi connectivity index (χ2v) is 8.39. The van der Waals surface area contributed by atoms with Crippen molar-refractivity contribution in [2.24, 2.45) is 0 Å². The van der Waals surface area contributed by atoms with Gasteiger partial charge in [0, 0.05) is 33.3 Å². The molecule has 35 heavy (non-hydrogen) atoms. The van der Waals surface area contributed by atoms with Crippen molar-refractivity contribution in [1.82, 2.24) is 4.98 Å². The van der Waals surface area contributed by atoms with Crippen LogP contribution in [0.2, 0.25) is 0 Å². The Bertz CT molecular complexity index is 1350. The Morgan fingerprint density at radius 1 is 0.914 bits per heavy atom. The van der Waals surface area contributed by atoms with Crippen molar-refractivity contribution in [2.75, 3.05) is 30.1 Å². The number of aromatic nitrogens is 1. The van der Waals surface area contributed by atoms with Crippen LogP contribution in [-0.4, -0.2) is 36.5 Å². The van der Waals surface area contributed by atoms with E-state index in [0.717, 1.165) is 10.5 Å². The third-order valence-electron chi connectivity index (χ3n) is 5.08. The van der Waals surface area contributed by atoms with Gasteiger partial charge in [0.05, 0.1) is 17.8 Å². The number of urea groups is 1. The Labute approximate surface area is 207 Å². The number of fused-ring (bicyclic) bond motifs is 1. The molecule has 4 aromatic rings. The van der Waals surface area contributed by atoms with Gasteiger partial charge < -0.3 is 20.1 Å². The van der Waals surface area contributed by atoms with Crippen LogP contribution in [0.4, 0.5) is 16.2 Å². The number of carbonyl (C=O) groups excluding carboxylic acids is 2. The predicted molar refractivity (Wildman–Crippen MR) is 140 cm³/mol. The molecule has 4 rings (SSSR count). The Balaban J connectivity index is 1.61. The van der Waals surface area contributed by atoms with Gasteiger partial charge in [0.1, 0.15) is 5.75 Å². The molecule has 7 nitrogen and oxygen atoms in total. The molecule has 0 spiro atoms. The average molecular weight is 488 g/mol. The fourth-order valence-corrected chi connectivity index (χ4v) is 3.94. The van der Waals surface area contributed by atoms with E-state index in [0.29, 0.717) is 33.7 Å². The van der Waals surface area contributed by atoms with E-state index in [1.165, 1.54) is 0 Å². The lowest BCUT2D eigenvalue weighted by Gasteiger charge is -2.13. The van der Waals surface area contributed by atoms with Gasteiger partial charge in [-0.15, -0.1) is 11.8 Å². The number of esters is 1. The summed E-state index contributed by atoms with van der Waals surface area (Å²) in [4.78, 5) is 30.3. The molecule has 2 N–H and O–H groups in total. The van der Waals surface area contributed by atoms with E-state index in [9.17, 15) is 9.59 Å². The fraction of sp³-hybridized carbons (Fsp3) is 0.148. The number of hydrogen-bond donors (Lipinski definition) is 2. The van der Waals surface area contributed by atoms with Crippen molar-refractivity contribution in [3.05, 3.63) is 78.9 Å². The molecule has 0 bridgehead atoms. The standard InChI is InChI=1S/C27H25N3O4S/c1-3-33-26(31)17-34-25-16-24(18-8-5-4-6-9-18)30-23-13-12-20(15-22(23)25)29-27(32)28-19-10-7-11-21(14-19)35-2/h4-16H,3,17H2,1-2H3,(H2,28,29,32). The maximum Gasteiger partial charge on any atom is 0.344 e. The molecule has 0 radical (unpaired) electrons. The maximum atomic E-state index is 12.6. The lowest BCUT2D eigenvalue weighted by molar-refractivity contribution is -0.145. The smallest absolute Gasteiger partial charge is 0.344 e. The molecule has 0 saturated heterocycles. The van der Waals surface area contributed by atoms with Crippen LogP contribution in [0.25, 0.3) is 22.2 Å². The molecule has 0 fully saturated rings. The van der Waals surface area contributed by atoms with Crippen molar-refractivity contribution in [3.63, 3.8) is 0 Å². The molecule has 2 amide bonds. The van der Waals surface area contributed by atoms with Crippen LogP contribution in [0.1, 0.15) is 6.92 Å². The lowest BCUT2D eigenvalue weighted by Crippen LogP contribution is -2.19. The van der Waals surface area contributed by atoms with Crippen LogP contribution in [0.15, 0.2) is 83.8 Å². The molecule has 0 aliphatic carbocycles. The average Bonchev–Trinajstić information content (AvgIpc) is 2.88. The van der Waals surface area contributed by atoms with Gasteiger partial charge >= 0.3 is 12.0 Å². The summed E-state index contributed by atoms with van der Waals surface area (Å²) >= 11 is 1.60. The maximum absolute atomic E-state index is 12.6.